The van der Waals surface area contributed by atoms with Crippen LogP contribution in [0.4, 0.5) is 0 Å². The summed E-state index contributed by atoms with van der Waals surface area (Å²) in [6.45, 7) is 23.3. The number of aliphatic imine (C=N–C) groups is 1. The number of nitrogens with zero attached hydrogens (tertiary/aromatic N) is 3. The first kappa shape index (κ1) is 33.1. The summed E-state index contributed by atoms with van der Waals surface area (Å²) in [5.41, 5.74) is 12.2. The Kier molecular flexibility index (Phi) is 8.33. The maximum absolute atomic E-state index is 6.71. The second kappa shape index (κ2) is 12.6. The van der Waals surface area contributed by atoms with E-state index in [9.17, 15) is 0 Å². The highest BCUT2D eigenvalue weighted by Gasteiger charge is 2.44. The molecule has 3 aliphatic rings. The number of fused-ring (bicyclic) bond motifs is 11. The third-order valence-electron chi connectivity index (χ3n) is 12.2. The van der Waals surface area contributed by atoms with Crippen molar-refractivity contribution in [2.75, 3.05) is 0 Å². The molecule has 5 heteroatoms. The van der Waals surface area contributed by atoms with E-state index < -0.39 is 8.07 Å². The van der Waals surface area contributed by atoms with Crippen LogP contribution in [0.1, 0.15) is 98.7 Å². The zero-order chi connectivity index (χ0) is 34.9. The number of aromatic nitrogens is 2. The number of benzene rings is 2. The van der Waals surface area contributed by atoms with Crippen LogP contribution in [0.3, 0.4) is 0 Å². The molecule has 1 saturated carbocycles. The van der Waals surface area contributed by atoms with Gasteiger partial charge in [0.25, 0.3) is 0 Å². The number of rotatable bonds is 6. The predicted octanol–water partition coefficient (Wildman–Crippen LogP) is 10.7. The first-order chi connectivity index (χ1) is 24.0. The van der Waals surface area contributed by atoms with Crippen LogP contribution >= 0.6 is 0 Å². The highest BCUT2D eigenvalue weighted by Crippen LogP contribution is 2.46. The van der Waals surface area contributed by atoms with Gasteiger partial charge in [-0.1, -0.05) is 110 Å². The molecule has 8 rings (SSSR count). The van der Waals surface area contributed by atoms with E-state index in [0.717, 1.165) is 57.8 Å². The molecule has 1 fully saturated rings. The molecular formula is C45H52N3OSi+. The van der Waals surface area contributed by atoms with Gasteiger partial charge in [-0.2, -0.15) is 4.57 Å². The first-order valence-corrected chi connectivity index (χ1v) is 22.5. The van der Waals surface area contributed by atoms with Crippen molar-refractivity contribution in [3.63, 3.8) is 0 Å². The Morgan fingerprint density at radius 2 is 1.74 bits per heavy atom. The molecule has 3 aromatic heterocycles. The number of furan rings is 1. The Morgan fingerprint density at radius 1 is 0.980 bits per heavy atom. The molecular weight excluding hydrogens is 627 g/mol. The van der Waals surface area contributed by atoms with Crippen LogP contribution in [0.25, 0.3) is 33.3 Å². The van der Waals surface area contributed by atoms with Gasteiger partial charge in [0.15, 0.2) is 6.20 Å². The van der Waals surface area contributed by atoms with Crippen LogP contribution in [0.2, 0.25) is 19.6 Å². The predicted molar refractivity (Wildman–Crippen MR) is 211 cm³/mol. The van der Waals surface area contributed by atoms with Gasteiger partial charge in [-0.05, 0) is 72.1 Å². The number of aryl methyl sites for hydroxylation is 1. The summed E-state index contributed by atoms with van der Waals surface area (Å²) in [6, 6.07) is 20.5. The highest BCUT2D eigenvalue weighted by atomic mass is 28.3. The third-order valence-corrected chi connectivity index (χ3v) is 14.2. The lowest BCUT2D eigenvalue weighted by atomic mass is 9.78. The summed E-state index contributed by atoms with van der Waals surface area (Å²) in [5.74, 6) is 1.88. The van der Waals surface area contributed by atoms with E-state index in [1.54, 1.807) is 10.8 Å². The maximum atomic E-state index is 6.71. The van der Waals surface area contributed by atoms with Crippen LogP contribution < -0.4 is 9.75 Å². The molecule has 0 bridgehead atoms. The zero-order valence-corrected chi connectivity index (χ0v) is 31.9. The molecule has 0 radical (unpaired) electrons. The SMILES string of the molecule is C=CC1=NC(=C)C2C(CCc3ccc4c(oc5nc(C(C)C(C)C)ccc54)c31)c1ccccc1-c1cc(CC3CCCC3)c([Si](C)(C)C)c[n+]12. The summed E-state index contributed by atoms with van der Waals surface area (Å²) in [5, 5.41) is 3.70. The summed E-state index contributed by atoms with van der Waals surface area (Å²) < 4.78 is 9.28. The molecule has 0 saturated heterocycles. The minimum absolute atomic E-state index is 0.00713. The fraction of sp³-hybridized carbons (Fsp3) is 0.400. The van der Waals surface area contributed by atoms with Gasteiger partial charge < -0.3 is 4.42 Å². The fourth-order valence-electron chi connectivity index (χ4n) is 9.14. The average Bonchev–Trinajstić information content (AvgIpc) is 3.76. The molecule has 0 spiro atoms. The quantitative estimate of drug-likeness (QED) is 0.132. The molecule has 5 heterocycles. The van der Waals surface area contributed by atoms with Crippen LogP contribution in [0, 0.1) is 11.8 Å². The normalized spacial score (nSPS) is 20.1. The van der Waals surface area contributed by atoms with E-state index in [4.69, 9.17) is 21.0 Å². The number of hydrogen-bond acceptors (Lipinski definition) is 3. The van der Waals surface area contributed by atoms with Gasteiger partial charge in [-0.3, -0.25) is 0 Å². The Morgan fingerprint density at radius 3 is 2.48 bits per heavy atom. The van der Waals surface area contributed by atoms with Crippen molar-refractivity contribution in [2.45, 2.75) is 103 Å². The molecule has 5 aromatic rings. The maximum Gasteiger partial charge on any atom is 0.227 e. The number of allylic oxidation sites excluding steroid dienone is 2. The van der Waals surface area contributed by atoms with Crippen molar-refractivity contribution >= 4 is 41.0 Å². The highest BCUT2D eigenvalue weighted by molar-refractivity contribution is 6.89. The summed E-state index contributed by atoms with van der Waals surface area (Å²) in [4.78, 5) is 10.4. The Hall–Kier alpha value is -4.09. The van der Waals surface area contributed by atoms with Crippen molar-refractivity contribution in [2.24, 2.45) is 16.8 Å². The molecule has 256 valence electrons. The molecule has 0 amide bonds. The van der Waals surface area contributed by atoms with Crippen LogP contribution in [0.15, 0.2) is 95.1 Å². The Labute approximate surface area is 299 Å². The van der Waals surface area contributed by atoms with E-state index in [2.05, 4.69) is 112 Å². The smallest absolute Gasteiger partial charge is 0.227 e. The molecule has 3 unspecified atom stereocenters. The topological polar surface area (TPSA) is 42.3 Å². The molecule has 3 atom stereocenters. The monoisotopic (exact) mass is 678 g/mol. The van der Waals surface area contributed by atoms with Gasteiger partial charge in [-0.25, -0.2) is 9.98 Å². The molecule has 2 aliphatic heterocycles. The minimum Gasteiger partial charge on any atom is -0.437 e. The summed E-state index contributed by atoms with van der Waals surface area (Å²) in [6.07, 6.45) is 13.0. The van der Waals surface area contributed by atoms with E-state index >= 15 is 0 Å². The van der Waals surface area contributed by atoms with E-state index in [-0.39, 0.29) is 12.0 Å². The molecule has 2 aromatic carbocycles. The van der Waals surface area contributed by atoms with E-state index in [0.29, 0.717) is 17.5 Å². The lowest BCUT2D eigenvalue weighted by Gasteiger charge is -2.32. The third kappa shape index (κ3) is 5.53. The average molecular weight is 679 g/mol. The Bertz CT molecular complexity index is 2190. The lowest BCUT2D eigenvalue weighted by molar-refractivity contribution is -0.708. The van der Waals surface area contributed by atoms with Crippen molar-refractivity contribution in [1.29, 1.82) is 0 Å². The van der Waals surface area contributed by atoms with E-state index in [1.807, 2.05) is 6.08 Å². The molecule has 50 heavy (non-hydrogen) atoms. The second-order valence-electron chi connectivity index (χ2n) is 16.7. The van der Waals surface area contributed by atoms with Gasteiger partial charge in [0.2, 0.25) is 17.4 Å². The van der Waals surface area contributed by atoms with Gasteiger partial charge in [0, 0.05) is 44.8 Å². The van der Waals surface area contributed by atoms with Crippen LogP contribution in [0.5, 0.6) is 0 Å². The standard InChI is InChI=1S/C45H52N3OSi/c1-9-38-42-31(19-21-36-37-22-23-39(28(4)27(2)3)47-45(37)49-44(36)42)18-20-35-33-16-12-13-17-34(33)40-25-32(24-30-14-10-11-15-30)41(50(6,7)8)26-48(40)43(35)29(5)46-38/h9,12-13,16-17,19,21-23,25-28,30,35,43H,1,5,10-11,14-15,18,20,24H2,2-4,6-8H3/q+1. The van der Waals surface area contributed by atoms with Crippen LogP contribution in [-0.4, -0.2) is 18.8 Å². The molecule has 0 N–H and O–H groups in total. The van der Waals surface area contributed by atoms with Gasteiger partial charge in [0.05, 0.1) is 19.7 Å². The second-order valence-corrected chi connectivity index (χ2v) is 21.7. The van der Waals surface area contributed by atoms with Crippen molar-refractivity contribution in [3.05, 3.63) is 114 Å². The summed E-state index contributed by atoms with van der Waals surface area (Å²) in [7, 11) is -1.67. The lowest BCUT2D eigenvalue weighted by Crippen LogP contribution is -2.54. The van der Waals surface area contributed by atoms with Crippen molar-refractivity contribution in [3.8, 4) is 11.3 Å². The van der Waals surface area contributed by atoms with Crippen molar-refractivity contribution < 1.29 is 8.98 Å². The molecule has 4 nitrogen and oxygen atoms in total. The fourth-order valence-corrected chi connectivity index (χ4v) is 10.8. The number of pyridine rings is 2. The zero-order valence-electron chi connectivity index (χ0n) is 30.9. The Balaban J connectivity index is 1.30. The number of hydrogen-bond donors (Lipinski definition) is 0. The minimum atomic E-state index is -1.67. The molecule has 1 aliphatic carbocycles. The van der Waals surface area contributed by atoms with Crippen LogP contribution in [-0.2, 0) is 12.8 Å². The van der Waals surface area contributed by atoms with Gasteiger partial charge >= 0.3 is 0 Å². The van der Waals surface area contributed by atoms with Gasteiger partial charge in [0.1, 0.15) is 11.3 Å². The van der Waals surface area contributed by atoms with Crippen molar-refractivity contribution in [1.82, 2.24) is 4.98 Å². The van der Waals surface area contributed by atoms with Gasteiger partial charge in [-0.15, -0.1) is 0 Å². The largest absolute Gasteiger partial charge is 0.437 e. The first-order valence-electron chi connectivity index (χ1n) is 19.0. The summed E-state index contributed by atoms with van der Waals surface area (Å²) >= 11 is 0. The van der Waals surface area contributed by atoms with E-state index in [1.165, 1.54) is 54.5 Å².